The van der Waals surface area contributed by atoms with Crippen LogP contribution in [0.5, 0.6) is 0 Å². The molecule has 0 aliphatic carbocycles. The Morgan fingerprint density at radius 1 is 1.19 bits per heavy atom. The summed E-state index contributed by atoms with van der Waals surface area (Å²) in [5, 5.41) is 5.73. The molecular weight excluding hydrogens is 265 g/mol. The number of fused-ring (bicyclic) bond motifs is 1. The molecule has 0 aliphatic heterocycles. The number of aromatic nitrogens is 2. The fourth-order valence-corrected chi connectivity index (χ4v) is 2.77. The lowest BCUT2D eigenvalue weighted by molar-refractivity contribution is 0.614. The molecule has 4 heteroatoms. The minimum absolute atomic E-state index is 0.0685. The van der Waals surface area contributed by atoms with Crippen molar-refractivity contribution >= 4 is 10.9 Å². The molecule has 1 unspecified atom stereocenters. The Bertz CT molecular complexity index is 764. The molecule has 0 fully saturated rings. The number of halogens is 1. The van der Waals surface area contributed by atoms with Crippen LogP contribution in [0, 0.1) is 5.82 Å². The highest BCUT2D eigenvalue weighted by molar-refractivity contribution is 5.81. The lowest BCUT2D eigenvalue weighted by atomic mass is 9.93. The summed E-state index contributed by atoms with van der Waals surface area (Å²) in [6, 6.07) is 14.8. The van der Waals surface area contributed by atoms with Gasteiger partial charge in [0.1, 0.15) is 5.82 Å². The normalized spacial score (nSPS) is 12.7. The molecule has 108 valence electrons. The zero-order chi connectivity index (χ0) is 14.8. The molecule has 2 N–H and O–H groups in total. The van der Waals surface area contributed by atoms with Crippen LogP contribution >= 0.6 is 0 Å². The van der Waals surface area contributed by atoms with Gasteiger partial charge < -0.3 is 5.73 Å². The van der Waals surface area contributed by atoms with Gasteiger partial charge in [0.25, 0.3) is 0 Å². The number of para-hydroxylation sites is 1. The maximum Gasteiger partial charge on any atom is 0.123 e. The Balaban J connectivity index is 1.96. The maximum absolute atomic E-state index is 13.4. The monoisotopic (exact) mass is 283 g/mol. The van der Waals surface area contributed by atoms with Gasteiger partial charge in [-0.3, -0.25) is 4.68 Å². The molecule has 3 nitrogen and oxygen atoms in total. The van der Waals surface area contributed by atoms with Crippen molar-refractivity contribution in [1.82, 2.24) is 9.78 Å². The van der Waals surface area contributed by atoms with E-state index in [0.29, 0.717) is 13.0 Å². The van der Waals surface area contributed by atoms with E-state index in [1.807, 2.05) is 36.0 Å². The molecule has 0 saturated carbocycles. The number of benzene rings is 2. The molecule has 0 aliphatic rings. The van der Waals surface area contributed by atoms with Crippen molar-refractivity contribution in [2.75, 3.05) is 6.54 Å². The Labute approximate surface area is 123 Å². The Morgan fingerprint density at radius 2 is 2.00 bits per heavy atom. The first kappa shape index (κ1) is 13.8. The summed E-state index contributed by atoms with van der Waals surface area (Å²) in [5.41, 5.74) is 8.93. The second kappa shape index (κ2) is 5.66. The maximum atomic E-state index is 13.4. The Kier molecular flexibility index (Phi) is 3.71. The summed E-state index contributed by atoms with van der Waals surface area (Å²) >= 11 is 0. The van der Waals surface area contributed by atoms with E-state index in [9.17, 15) is 4.39 Å². The lowest BCUT2D eigenvalue weighted by Crippen LogP contribution is -2.15. The summed E-state index contributed by atoms with van der Waals surface area (Å²) in [4.78, 5) is 0. The summed E-state index contributed by atoms with van der Waals surface area (Å²) in [6.07, 6.45) is 0.710. The summed E-state index contributed by atoms with van der Waals surface area (Å²) in [5.74, 6) is -0.157. The van der Waals surface area contributed by atoms with Crippen LogP contribution in [0.4, 0.5) is 4.39 Å². The van der Waals surface area contributed by atoms with Crippen LogP contribution in [0.25, 0.3) is 10.9 Å². The second-order valence-corrected chi connectivity index (χ2v) is 5.28. The minimum atomic E-state index is -0.225. The number of aryl methyl sites for hydroxylation is 1. The molecular formula is C17H18FN3. The van der Waals surface area contributed by atoms with Crippen LogP contribution in [-0.2, 0) is 13.5 Å². The molecule has 3 rings (SSSR count). The van der Waals surface area contributed by atoms with Crippen molar-refractivity contribution in [3.05, 3.63) is 65.6 Å². The van der Waals surface area contributed by atoms with Crippen LogP contribution in [-0.4, -0.2) is 16.3 Å². The van der Waals surface area contributed by atoms with Gasteiger partial charge in [0.05, 0.1) is 11.2 Å². The first-order chi connectivity index (χ1) is 10.2. The predicted octanol–water partition coefficient (Wildman–Crippen LogP) is 3.00. The molecule has 0 amide bonds. The topological polar surface area (TPSA) is 43.8 Å². The first-order valence-electron chi connectivity index (χ1n) is 7.05. The van der Waals surface area contributed by atoms with Crippen LogP contribution in [0.1, 0.15) is 17.2 Å². The summed E-state index contributed by atoms with van der Waals surface area (Å²) in [7, 11) is 1.94. The van der Waals surface area contributed by atoms with Crippen molar-refractivity contribution < 1.29 is 4.39 Å². The van der Waals surface area contributed by atoms with Crippen LogP contribution in [0.15, 0.2) is 48.5 Å². The van der Waals surface area contributed by atoms with Crippen molar-refractivity contribution in [3.63, 3.8) is 0 Å². The van der Waals surface area contributed by atoms with Gasteiger partial charge in [-0.1, -0.05) is 30.3 Å². The van der Waals surface area contributed by atoms with Gasteiger partial charge >= 0.3 is 0 Å². The van der Waals surface area contributed by atoms with Crippen molar-refractivity contribution in [2.45, 2.75) is 12.3 Å². The fraction of sp³-hybridized carbons (Fsp3) is 0.235. The number of rotatable bonds is 4. The molecule has 0 bridgehead atoms. The molecule has 1 heterocycles. The average molecular weight is 283 g/mol. The van der Waals surface area contributed by atoms with Gasteiger partial charge in [0.2, 0.25) is 0 Å². The van der Waals surface area contributed by atoms with E-state index in [1.165, 1.54) is 6.07 Å². The smallest absolute Gasteiger partial charge is 0.123 e. The van der Waals surface area contributed by atoms with Gasteiger partial charge in [-0.2, -0.15) is 5.10 Å². The Hall–Kier alpha value is -2.20. The zero-order valence-electron chi connectivity index (χ0n) is 12.0. The van der Waals surface area contributed by atoms with Crippen LogP contribution in [0.3, 0.4) is 0 Å². The fourth-order valence-electron chi connectivity index (χ4n) is 2.77. The van der Waals surface area contributed by atoms with Gasteiger partial charge in [-0.25, -0.2) is 4.39 Å². The zero-order valence-corrected chi connectivity index (χ0v) is 12.0. The van der Waals surface area contributed by atoms with Gasteiger partial charge in [0.15, 0.2) is 0 Å². The molecule has 0 radical (unpaired) electrons. The number of nitrogens with two attached hydrogens (primary N) is 1. The molecule has 0 saturated heterocycles. The van der Waals surface area contributed by atoms with Gasteiger partial charge in [-0.05, 0) is 30.3 Å². The number of nitrogens with zero attached hydrogens (tertiary/aromatic N) is 2. The van der Waals surface area contributed by atoms with Crippen molar-refractivity contribution in [3.8, 4) is 0 Å². The SMILES string of the molecule is Cn1nc(CC(CN)c2cccc(F)c2)c2ccccc21. The molecule has 1 aromatic heterocycles. The first-order valence-corrected chi connectivity index (χ1v) is 7.05. The predicted molar refractivity (Wildman–Crippen MR) is 82.6 cm³/mol. The van der Waals surface area contributed by atoms with Crippen LogP contribution < -0.4 is 5.73 Å². The largest absolute Gasteiger partial charge is 0.330 e. The van der Waals surface area contributed by atoms with Gasteiger partial charge in [0, 0.05) is 24.8 Å². The van der Waals surface area contributed by atoms with E-state index in [4.69, 9.17) is 5.73 Å². The van der Waals surface area contributed by atoms with Gasteiger partial charge in [-0.15, -0.1) is 0 Å². The summed E-state index contributed by atoms with van der Waals surface area (Å²) < 4.78 is 15.3. The molecule has 3 aromatic rings. The van der Waals surface area contributed by atoms with E-state index in [-0.39, 0.29) is 11.7 Å². The van der Waals surface area contributed by atoms with Crippen molar-refractivity contribution in [2.24, 2.45) is 12.8 Å². The third-order valence-electron chi connectivity index (χ3n) is 3.88. The van der Waals surface area contributed by atoms with E-state index < -0.39 is 0 Å². The molecule has 2 aromatic carbocycles. The number of hydrogen-bond donors (Lipinski definition) is 1. The highest BCUT2D eigenvalue weighted by atomic mass is 19.1. The molecule has 0 spiro atoms. The highest BCUT2D eigenvalue weighted by Crippen LogP contribution is 2.25. The number of hydrogen-bond acceptors (Lipinski definition) is 2. The summed E-state index contributed by atoms with van der Waals surface area (Å²) in [6.45, 7) is 0.467. The van der Waals surface area contributed by atoms with E-state index in [2.05, 4.69) is 11.2 Å². The molecule has 1 atom stereocenters. The standard InChI is InChI=1S/C17H18FN3/c1-21-17-8-3-2-7-15(17)16(20-21)10-13(11-19)12-5-4-6-14(18)9-12/h2-9,13H,10-11,19H2,1H3. The average Bonchev–Trinajstić information content (AvgIpc) is 2.82. The molecule has 21 heavy (non-hydrogen) atoms. The second-order valence-electron chi connectivity index (χ2n) is 5.28. The third-order valence-corrected chi connectivity index (χ3v) is 3.88. The van der Waals surface area contributed by atoms with Crippen LogP contribution in [0.2, 0.25) is 0 Å². The van der Waals surface area contributed by atoms with E-state index >= 15 is 0 Å². The minimum Gasteiger partial charge on any atom is -0.330 e. The highest BCUT2D eigenvalue weighted by Gasteiger charge is 2.16. The Morgan fingerprint density at radius 3 is 2.76 bits per heavy atom. The quantitative estimate of drug-likeness (QED) is 0.800. The van der Waals surface area contributed by atoms with E-state index in [0.717, 1.165) is 22.2 Å². The third kappa shape index (κ3) is 2.67. The van der Waals surface area contributed by atoms with E-state index in [1.54, 1.807) is 12.1 Å². The van der Waals surface area contributed by atoms with Crippen molar-refractivity contribution in [1.29, 1.82) is 0 Å². The lowest BCUT2D eigenvalue weighted by Gasteiger charge is -2.14.